The third kappa shape index (κ3) is 3.57. The molecule has 2 aliphatic rings. The second kappa shape index (κ2) is 6.94. The quantitative estimate of drug-likeness (QED) is 0.905. The van der Waals surface area contributed by atoms with Gasteiger partial charge in [-0.1, -0.05) is 11.6 Å². The molecular weight excluding hydrogens is 340 g/mol. The molecule has 0 bridgehead atoms. The summed E-state index contributed by atoms with van der Waals surface area (Å²) in [7, 11) is 0. The molecule has 0 unspecified atom stereocenters. The van der Waals surface area contributed by atoms with E-state index in [1.165, 1.54) is 10.5 Å². The molecule has 0 atom stereocenters. The Hall–Kier alpha value is -2.24. The van der Waals surface area contributed by atoms with Crippen LogP contribution in [-0.4, -0.2) is 43.8 Å². The number of rotatable bonds is 3. The smallest absolute Gasteiger partial charge is 0.254 e. The number of quaternary nitrogens is 1. The van der Waals surface area contributed by atoms with Gasteiger partial charge in [0.2, 0.25) is 6.79 Å². The van der Waals surface area contributed by atoms with E-state index in [4.69, 9.17) is 21.1 Å². The van der Waals surface area contributed by atoms with Crippen molar-refractivity contribution in [2.24, 2.45) is 0 Å². The number of hydrogen-bond donors (Lipinski definition) is 1. The second-order valence-electron chi connectivity index (χ2n) is 6.41. The largest absolute Gasteiger partial charge is 0.454 e. The summed E-state index contributed by atoms with van der Waals surface area (Å²) >= 11 is 5.89. The molecule has 1 N–H and O–H groups in total. The first-order valence-corrected chi connectivity index (χ1v) is 8.84. The molecule has 2 aromatic rings. The lowest BCUT2D eigenvalue weighted by Crippen LogP contribution is -3.13. The van der Waals surface area contributed by atoms with Gasteiger partial charge in [0.25, 0.3) is 5.91 Å². The molecule has 1 saturated heterocycles. The summed E-state index contributed by atoms with van der Waals surface area (Å²) in [5.41, 5.74) is 1.93. The molecule has 0 radical (unpaired) electrons. The summed E-state index contributed by atoms with van der Waals surface area (Å²) in [5, 5.41) is 0.648. The van der Waals surface area contributed by atoms with Crippen LogP contribution >= 0.6 is 11.6 Å². The number of amides is 1. The van der Waals surface area contributed by atoms with E-state index in [1.807, 2.05) is 11.0 Å². The number of fused-ring (bicyclic) bond motifs is 1. The van der Waals surface area contributed by atoms with Gasteiger partial charge in [-0.25, -0.2) is 0 Å². The zero-order valence-electron chi connectivity index (χ0n) is 13.8. The van der Waals surface area contributed by atoms with Crippen molar-refractivity contribution in [3.05, 3.63) is 58.6 Å². The van der Waals surface area contributed by atoms with Crippen molar-refractivity contribution < 1.29 is 19.2 Å². The Morgan fingerprint density at radius 1 is 1.04 bits per heavy atom. The molecule has 1 amide bonds. The van der Waals surface area contributed by atoms with E-state index in [9.17, 15) is 4.79 Å². The number of carbonyl (C=O) groups excluding carboxylic acids is 1. The van der Waals surface area contributed by atoms with Gasteiger partial charge >= 0.3 is 0 Å². The van der Waals surface area contributed by atoms with E-state index in [0.29, 0.717) is 17.4 Å². The van der Waals surface area contributed by atoms with E-state index in [-0.39, 0.29) is 5.91 Å². The van der Waals surface area contributed by atoms with Crippen LogP contribution in [0.15, 0.2) is 42.5 Å². The topological polar surface area (TPSA) is 43.2 Å². The number of halogens is 1. The summed E-state index contributed by atoms with van der Waals surface area (Å²) < 4.78 is 10.8. The Morgan fingerprint density at radius 2 is 1.76 bits per heavy atom. The molecule has 0 aliphatic carbocycles. The van der Waals surface area contributed by atoms with Crippen LogP contribution in [0.25, 0.3) is 0 Å². The van der Waals surface area contributed by atoms with Crippen molar-refractivity contribution in [1.82, 2.24) is 4.90 Å². The van der Waals surface area contributed by atoms with Crippen molar-refractivity contribution in [3.63, 3.8) is 0 Å². The van der Waals surface area contributed by atoms with Gasteiger partial charge < -0.3 is 19.3 Å². The second-order valence-corrected chi connectivity index (χ2v) is 6.85. The maximum Gasteiger partial charge on any atom is 0.254 e. The van der Waals surface area contributed by atoms with Crippen molar-refractivity contribution in [3.8, 4) is 11.5 Å². The van der Waals surface area contributed by atoms with Crippen LogP contribution in [0.4, 0.5) is 0 Å². The normalized spacial score (nSPS) is 16.9. The lowest BCUT2D eigenvalue weighted by Gasteiger charge is -2.32. The molecule has 25 heavy (non-hydrogen) atoms. The molecule has 0 saturated carbocycles. The molecule has 5 nitrogen and oxygen atoms in total. The maximum atomic E-state index is 12.5. The summed E-state index contributed by atoms with van der Waals surface area (Å²) in [6, 6.07) is 13.2. The Bertz CT molecular complexity index is 771. The molecule has 0 spiro atoms. The van der Waals surface area contributed by atoms with Gasteiger partial charge in [0.05, 0.1) is 26.2 Å². The molecule has 0 aromatic heterocycles. The third-order valence-electron chi connectivity index (χ3n) is 4.74. The van der Waals surface area contributed by atoms with Crippen LogP contribution in [0, 0.1) is 0 Å². The first-order valence-electron chi connectivity index (χ1n) is 8.46. The molecule has 2 aromatic carbocycles. The molecule has 6 heteroatoms. The van der Waals surface area contributed by atoms with E-state index in [0.717, 1.165) is 44.2 Å². The molecule has 2 aliphatic heterocycles. The standard InChI is InChI=1S/C19H19ClN2O3/c20-16-4-2-15(3-5-16)19(23)22-9-7-21(8-10-22)12-14-1-6-17-18(11-14)25-13-24-17/h1-6,11H,7-10,12-13H2/p+1. The minimum atomic E-state index is 0.0822. The number of nitrogens with zero attached hydrogens (tertiary/aromatic N) is 1. The van der Waals surface area contributed by atoms with Crippen molar-refractivity contribution in [2.75, 3.05) is 33.0 Å². The van der Waals surface area contributed by atoms with Crippen LogP contribution < -0.4 is 14.4 Å². The summed E-state index contributed by atoms with van der Waals surface area (Å²) in [4.78, 5) is 15.9. The predicted molar refractivity (Wildman–Crippen MR) is 94.3 cm³/mol. The minimum Gasteiger partial charge on any atom is -0.454 e. The molecule has 130 valence electrons. The Labute approximate surface area is 151 Å². The highest BCUT2D eigenvalue weighted by atomic mass is 35.5. The number of carbonyl (C=O) groups is 1. The SMILES string of the molecule is O=C(c1ccc(Cl)cc1)N1CC[NH+](Cc2ccc3c(c2)OCO3)CC1. The number of piperazine rings is 1. The molecule has 1 fully saturated rings. The highest BCUT2D eigenvalue weighted by Gasteiger charge is 2.25. The van der Waals surface area contributed by atoms with Crippen LogP contribution in [-0.2, 0) is 6.54 Å². The Kier molecular flexibility index (Phi) is 4.51. The van der Waals surface area contributed by atoms with E-state index in [2.05, 4.69) is 12.1 Å². The zero-order valence-corrected chi connectivity index (χ0v) is 14.6. The van der Waals surface area contributed by atoms with Crippen LogP contribution in [0.3, 0.4) is 0 Å². The van der Waals surface area contributed by atoms with Crippen molar-refractivity contribution >= 4 is 17.5 Å². The van der Waals surface area contributed by atoms with E-state index in [1.54, 1.807) is 24.3 Å². The molecular formula is C19H20ClN2O3+. The van der Waals surface area contributed by atoms with Gasteiger partial charge in [-0.05, 0) is 42.5 Å². The number of benzene rings is 2. The van der Waals surface area contributed by atoms with Crippen molar-refractivity contribution in [2.45, 2.75) is 6.54 Å². The van der Waals surface area contributed by atoms with Gasteiger partial charge in [-0.15, -0.1) is 0 Å². The van der Waals surface area contributed by atoms with Crippen LogP contribution in [0.5, 0.6) is 11.5 Å². The minimum absolute atomic E-state index is 0.0822. The number of ether oxygens (including phenoxy) is 2. The first-order chi connectivity index (χ1) is 12.2. The fourth-order valence-corrected chi connectivity index (χ4v) is 3.44. The fraction of sp³-hybridized carbons (Fsp3) is 0.316. The molecule has 4 rings (SSSR count). The summed E-state index contributed by atoms with van der Waals surface area (Å²) in [6.45, 7) is 4.64. The van der Waals surface area contributed by atoms with E-state index >= 15 is 0 Å². The van der Waals surface area contributed by atoms with Gasteiger partial charge in [0, 0.05) is 16.1 Å². The highest BCUT2D eigenvalue weighted by Crippen LogP contribution is 2.32. The predicted octanol–water partition coefficient (Wildman–Crippen LogP) is 1.61. The number of nitrogens with one attached hydrogen (secondary N) is 1. The summed E-state index contributed by atoms with van der Waals surface area (Å²) in [6.07, 6.45) is 0. The Morgan fingerprint density at radius 3 is 2.52 bits per heavy atom. The monoisotopic (exact) mass is 359 g/mol. The highest BCUT2D eigenvalue weighted by molar-refractivity contribution is 6.30. The van der Waals surface area contributed by atoms with Crippen LogP contribution in [0.2, 0.25) is 5.02 Å². The van der Waals surface area contributed by atoms with Crippen LogP contribution in [0.1, 0.15) is 15.9 Å². The van der Waals surface area contributed by atoms with Gasteiger partial charge in [0.15, 0.2) is 11.5 Å². The van der Waals surface area contributed by atoms with Crippen molar-refractivity contribution in [1.29, 1.82) is 0 Å². The third-order valence-corrected chi connectivity index (χ3v) is 4.99. The lowest BCUT2D eigenvalue weighted by atomic mass is 10.1. The Balaban J connectivity index is 1.33. The molecule has 2 heterocycles. The van der Waals surface area contributed by atoms with Gasteiger partial charge in [-0.2, -0.15) is 0 Å². The maximum absolute atomic E-state index is 12.5. The van der Waals surface area contributed by atoms with Gasteiger partial charge in [-0.3, -0.25) is 4.79 Å². The van der Waals surface area contributed by atoms with Gasteiger partial charge in [0.1, 0.15) is 6.54 Å². The number of hydrogen-bond acceptors (Lipinski definition) is 3. The average molecular weight is 360 g/mol. The summed E-state index contributed by atoms with van der Waals surface area (Å²) in [5.74, 6) is 1.73. The zero-order chi connectivity index (χ0) is 17.2. The first kappa shape index (κ1) is 16.2. The fourth-order valence-electron chi connectivity index (χ4n) is 3.32. The average Bonchev–Trinajstić information content (AvgIpc) is 3.10. The lowest BCUT2D eigenvalue weighted by molar-refractivity contribution is -0.917. The van der Waals surface area contributed by atoms with E-state index < -0.39 is 0 Å².